The van der Waals surface area contributed by atoms with Crippen molar-refractivity contribution < 1.29 is 14.3 Å². The van der Waals surface area contributed by atoms with Crippen molar-refractivity contribution in [1.82, 2.24) is 10.2 Å². The molecule has 0 saturated carbocycles. The lowest BCUT2D eigenvalue weighted by molar-refractivity contribution is -0.123. The summed E-state index contributed by atoms with van der Waals surface area (Å²) in [5, 5.41) is 5.69. The normalized spacial score (nSPS) is 10.4. The van der Waals surface area contributed by atoms with Crippen LogP contribution < -0.4 is 15.4 Å². The summed E-state index contributed by atoms with van der Waals surface area (Å²) in [6.45, 7) is 3.32. The van der Waals surface area contributed by atoms with Gasteiger partial charge in [0.1, 0.15) is 5.75 Å². The first-order valence-corrected chi connectivity index (χ1v) is 8.57. The summed E-state index contributed by atoms with van der Waals surface area (Å²) in [5.74, 6) is 0.399. The molecule has 2 amide bonds. The van der Waals surface area contributed by atoms with E-state index in [-0.39, 0.29) is 24.9 Å². The number of methoxy groups -OCH3 is 1. The van der Waals surface area contributed by atoms with Crippen LogP contribution in [0.4, 0.5) is 5.69 Å². The van der Waals surface area contributed by atoms with Gasteiger partial charge in [0.25, 0.3) is 0 Å². The van der Waals surface area contributed by atoms with E-state index in [1.807, 2.05) is 49.4 Å². The molecule has 0 bridgehead atoms. The van der Waals surface area contributed by atoms with Crippen molar-refractivity contribution in [2.24, 2.45) is 0 Å². The minimum Gasteiger partial charge on any atom is -0.497 e. The third kappa shape index (κ3) is 6.57. The highest BCUT2D eigenvalue weighted by Gasteiger charge is 2.13. The molecule has 2 rings (SSSR count). The molecule has 0 aromatic heterocycles. The van der Waals surface area contributed by atoms with Crippen LogP contribution in [0.5, 0.6) is 5.75 Å². The van der Waals surface area contributed by atoms with Crippen LogP contribution >= 0.6 is 0 Å². The number of amides is 2. The SMILES string of the molecule is CCN(CC(=O)NCc1ccccc1)CC(=O)Nc1cccc(OC)c1. The van der Waals surface area contributed by atoms with Crippen LogP contribution in [0.15, 0.2) is 54.6 Å². The first-order chi connectivity index (χ1) is 12.6. The van der Waals surface area contributed by atoms with Crippen LogP contribution in [0.25, 0.3) is 0 Å². The Balaban J connectivity index is 1.79. The number of hydrogen-bond donors (Lipinski definition) is 2. The molecule has 0 aliphatic heterocycles. The number of carbonyl (C=O) groups excluding carboxylic acids is 2. The number of ether oxygens (including phenoxy) is 1. The van der Waals surface area contributed by atoms with Crippen molar-refractivity contribution in [3.05, 3.63) is 60.2 Å². The first kappa shape index (κ1) is 19.5. The standard InChI is InChI=1S/C20H25N3O3/c1-3-23(14-19(24)21-13-16-8-5-4-6-9-16)15-20(25)22-17-10-7-11-18(12-17)26-2/h4-12H,3,13-15H2,1-2H3,(H,21,24)(H,22,25). The minimum absolute atomic E-state index is 0.107. The Bertz CT molecular complexity index is 719. The Hall–Kier alpha value is -2.86. The van der Waals surface area contributed by atoms with Gasteiger partial charge in [-0.05, 0) is 24.2 Å². The lowest BCUT2D eigenvalue weighted by atomic mass is 10.2. The molecule has 0 heterocycles. The second-order valence-electron chi connectivity index (χ2n) is 5.85. The van der Waals surface area contributed by atoms with Crippen molar-refractivity contribution in [2.75, 3.05) is 32.1 Å². The van der Waals surface area contributed by atoms with E-state index in [0.29, 0.717) is 24.5 Å². The van der Waals surface area contributed by atoms with Gasteiger partial charge in [0.15, 0.2) is 0 Å². The number of benzene rings is 2. The quantitative estimate of drug-likeness (QED) is 0.724. The molecule has 0 aliphatic carbocycles. The van der Waals surface area contributed by atoms with Gasteiger partial charge in [0.05, 0.1) is 20.2 Å². The molecule has 6 heteroatoms. The Labute approximate surface area is 154 Å². The van der Waals surface area contributed by atoms with Gasteiger partial charge in [-0.25, -0.2) is 0 Å². The molecule has 0 aliphatic rings. The zero-order valence-corrected chi connectivity index (χ0v) is 15.2. The fourth-order valence-corrected chi connectivity index (χ4v) is 2.44. The lowest BCUT2D eigenvalue weighted by Gasteiger charge is -2.19. The van der Waals surface area contributed by atoms with Crippen molar-refractivity contribution in [1.29, 1.82) is 0 Å². The molecule has 2 aromatic carbocycles. The number of carbonyl (C=O) groups is 2. The van der Waals surface area contributed by atoms with E-state index >= 15 is 0 Å². The Morgan fingerprint density at radius 1 is 1.00 bits per heavy atom. The maximum atomic E-state index is 12.2. The van der Waals surface area contributed by atoms with E-state index in [1.165, 1.54) is 0 Å². The van der Waals surface area contributed by atoms with Crippen molar-refractivity contribution in [2.45, 2.75) is 13.5 Å². The molecular weight excluding hydrogens is 330 g/mol. The highest BCUT2D eigenvalue weighted by Crippen LogP contribution is 2.16. The molecule has 138 valence electrons. The maximum absolute atomic E-state index is 12.2. The van der Waals surface area contributed by atoms with Crippen LogP contribution in [0.2, 0.25) is 0 Å². The predicted octanol–water partition coefficient (Wildman–Crippen LogP) is 2.27. The Kier molecular flexibility index (Phi) is 7.64. The van der Waals surface area contributed by atoms with Gasteiger partial charge in [0.2, 0.25) is 11.8 Å². The second-order valence-corrected chi connectivity index (χ2v) is 5.85. The summed E-state index contributed by atoms with van der Waals surface area (Å²) in [6.07, 6.45) is 0. The number of likely N-dealkylation sites (N-methyl/N-ethyl adjacent to an activating group) is 1. The van der Waals surface area contributed by atoms with Gasteiger partial charge in [-0.2, -0.15) is 0 Å². The average molecular weight is 355 g/mol. The van der Waals surface area contributed by atoms with Crippen LogP contribution in [-0.4, -0.2) is 43.5 Å². The Morgan fingerprint density at radius 2 is 1.73 bits per heavy atom. The first-order valence-electron chi connectivity index (χ1n) is 8.57. The zero-order valence-electron chi connectivity index (χ0n) is 15.2. The molecule has 0 unspecified atom stereocenters. The smallest absolute Gasteiger partial charge is 0.238 e. The van der Waals surface area contributed by atoms with Gasteiger partial charge < -0.3 is 15.4 Å². The highest BCUT2D eigenvalue weighted by atomic mass is 16.5. The van der Waals surface area contributed by atoms with Crippen molar-refractivity contribution in [3.63, 3.8) is 0 Å². The van der Waals surface area contributed by atoms with Crippen molar-refractivity contribution in [3.8, 4) is 5.75 Å². The second kappa shape index (κ2) is 10.2. The molecule has 0 spiro atoms. The molecule has 0 saturated heterocycles. The number of anilines is 1. The topological polar surface area (TPSA) is 70.7 Å². The van der Waals surface area contributed by atoms with E-state index in [0.717, 1.165) is 5.56 Å². The van der Waals surface area contributed by atoms with Crippen LogP contribution in [-0.2, 0) is 16.1 Å². The lowest BCUT2D eigenvalue weighted by Crippen LogP contribution is -2.40. The fraction of sp³-hybridized carbons (Fsp3) is 0.300. The molecule has 2 N–H and O–H groups in total. The highest BCUT2D eigenvalue weighted by molar-refractivity contribution is 5.92. The number of nitrogens with one attached hydrogen (secondary N) is 2. The van der Waals surface area contributed by atoms with E-state index in [9.17, 15) is 9.59 Å². The van der Waals surface area contributed by atoms with Crippen LogP contribution in [0, 0.1) is 0 Å². The molecule has 0 atom stereocenters. The molecule has 0 radical (unpaired) electrons. The summed E-state index contributed by atoms with van der Waals surface area (Å²) in [6, 6.07) is 16.9. The summed E-state index contributed by atoms with van der Waals surface area (Å²) >= 11 is 0. The van der Waals surface area contributed by atoms with Gasteiger partial charge in [-0.3, -0.25) is 14.5 Å². The predicted molar refractivity (Wildman–Crippen MR) is 102 cm³/mol. The third-order valence-electron chi connectivity index (χ3n) is 3.87. The zero-order chi connectivity index (χ0) is 18.8. The monoisotopic (exact) mass is 355 g/mol. The summed E-state index contributed by atoms with van der Waals surface area (Å²) in [5.41, 5.74) is 1.71. The number of rotatable bonds is 9. The summed E-state index contributed by atoms with van der Waals surface area (Å²) < 4.78 is 5.14. The molecule has 2 aromatic rings. The van der Waals surface area contributed by atoms with E-state index in [4.69, 9.17) is 4.74 Å². The minimum atomic E-state index is -0.170. The number of nitrogens with zero attached hydrogens (tertiary/aromatic N) is 1. The summed E-state index contributed by atoms with van der Waals surface area (Å²) in [7, 11) is 1.58. The van der Waals surface area contributed by atoms with E-state index in [2.05, 4.69) is 10.6 Å². The van der Waals surface area contributed by atoms with Gasteiger partial charge in [-0.1, -0.05) is 43.3 Å². The van der Waals surface area contributed by atoms with Gasteiger partial charge in [0, 0.05) is 18.3 Å². The average Bonchev–Trinajstić information content (AvgIpc) is 2.66. The fourth-order valence-electron chi connectivity index (χ4n) is 2.44. The Morgan fingerprint density at radius 3 is 2.42 bits per heavy atom. The van der Waals surface area contributed by atoms with E-state index < -0.39 is 0 Å². The van der Waals surface area contributed by atoms with E-state index in [1.54, 1.807) is 24.1 Å². The largest absolute Gasteiger partial charge is 0.497 e. The van der Waals surface area contributed by atoms with Crippen LogP contribution in [0.3, 0.4) is 0 Å². The molecule has 26 heavy (non-hydrogen) atoms. The molecular formula is C20H25N3O3. The number of hydrogen-bond acceptors (Lipinski definition) is 4. The van der Waals surface area contributed by atoms with Crippen LogP contribution in [0.1, 0.15) is 12.5 Å². The molecule has 6 nitrogen and oxygen atoms in total. The summed E-state index contributed by atoms with van der Waals surface area (Å²) in [4.78, 5) is 26.1. The maximum Gasteiger partial charge on any atom is 0.238 e. The van der Waals surface area contributed by atoms with Gasteiger partial charge >= 0.3 is 0 Å². The molecule has 0 fully saturated rings. The van der Waals surface area contributed by atoms with Crippen molar-refractivity contribution >= 4 is 17.5 Å². The van der Waals surface area contributed by atoms with Gasteiger partial charge in [-0.15, -0.1) is 0 Å². The third-order valence-corrected chi connectivity index (χ3v) is 3.87.